The number of fused-ring (bicyclic) bond motifs is 1. The lowest BCUT2D eigenvalue weighted by molar-refractivity contribution is 1.10. The van der Waals surface area contributed by atoms with Crippen molar-refractivity contribution in [2.24, 2.45) is 10.7 Å². The third kappa shape index (κ3) is 2.21. The summed E-state index contributed by atoms with van der Waals surface area (Å²) in [4.78, 5) is 19.8. The summed E-state index contributed by atoms with van der Waals surface area (Å²) in [5, 5.41) is 6.22. The smallest absolute Gasteiger partial charge is 0.178 e. The van der Waals surface area contributed by atoms with Gasteiger partial charge in [0.25, 0.3) is 0 Å². The molecule has 0 aromatic carbocycles. The molecule has 0 saturated carbocycles. The van der Waals surface area contributed by atoms with E-state index in [9.17, 15) is 0 Å². The van der Waals surface area contributed by atoms with Crippen LogP contribution in [0.1, 0.15) is 10.6 Å². The first-order chi connectivity index (χ1) is 9.79. The second kappa shape index (κ2) is 5.25. The summed E-state index contributed by atoms with van der Waals surface area (Å²) in [7, 11) is 1.66. The normalized spacial score (nSPS) is 11.9. The number of aliphatic imine (C=N–C) groups is 1. The van der Waals surface area contributed by atoms with E-state index in [1.807, 2.05) is 5.38 Å². The molecule has 0 amide bonds. The average Bonchev–Trinajstić information content (AvgIpc) is 3.14. The van der Waals surface area contributed by atoms with Crippen molar-refractivity contribution in [1.29, 1.82) is 0 Å². The first-order valence-electron chi connectivity index (χ1n) is 5.96. The molecule has 20 heavy (non-hydrogen) atoms. The van der Waals surface area contributed by atoms with Crippen LogP contribution < -0.4 is 11.1 Å². The minimum atomic E-state index is 0.434. The molecule has 0 aliphatic rings. The Hall–Kier alpha value is -2.48. The molecule has 0 radical (unpaired) electrons. The number of hydrogen-bond donors (Lipinski definition) is 3. The monoisotopic (exact) mass is 287 g/mol. The largest absolute Gasteiger partial charge is 0.383 e. The molecule has 4 N–H and O–H groups in total. The number of amidine groups is 1. The number of pyridine rings is 1. The minimum absolute atomic E-state index is 0.434. The predicted octanol–water partition coefficient (Wildman–Crippen LogP) is 1.36. The van der Waals surface area contributed by atoms with Gasteiger partial charge in [0.2, 0.25) is 0 Å². The van der Waals surface area contributed by atoms with Gasteiger partial charge in [-0.3, -0.25) is 4.99 Å². The summed E-state index contributed by atoms with van der Waals surface area (Å²) in [5.41, 5.74) is 8.97. The number of nitrogens with zero attached hydrogens (tertiary/aromatic N) is 4. The molecule has 8 heteroatoms. The van der Waals surface area contributed by atoms with E-state index >= 15 is 0 Å². The Morgan fingerprint density at radius 2 is 2.35 bits per heavy atom. The summed E-state index contributed by atoms with van der Waals surface area (Å²) < 4.78 is 0. The van der Waals surface area contributed by atoms with E-state index in [4.69, 9.17) is 5.73 Å². The van der Waals surface area contributed by atoms with Gasteiger partial charge in [-0.1, -0.05) is 0 Å². The molecule has 3 aromatic heterocycles. The fourth-order valence-electron chi connectivity index (χ4n) is 1.92. The average molecular weight is 287 g/mol. The molecule has 0 spiro atoms. The van der Waals surface area contributed by atoms with Crippen LogP contribution in [0.3, 0.4) is 0 Å². The second-order valence-electron chi connectivity index (χ2n) is 4.04. The van der Waals surface area contributed by atoms with Crippen molar-refractivity contribution in [3.63, 3.8) is 0 Å². The van der Waals surface area contributed by atoms with E-state index in [0.717, 1.165) is 21.8 Å². The first kappa shape index (κ1) is 12.5. The van der Waals surface area contributed by atoms with Gasteiger partial charge in [0.1, 0.15) is 10.8 Å². The fraction of sp³-hybridized carbons (Fsp3) is 0.167. The topological polar surface area (TPSA) is 105 Å². The van der Waals surface area contributed by atoms with Gasteiger partial charge in [-0.15, -0.1) is 11.3 Å². The van der Waals surface area contributed by atoms with Gasteiger partial charge in [0.05, 0.1) is 35.8 Å². The number of nitrogens with one attached hydrogen (secondary N) is 2. The van der Waals surface area contributed by atoms with Crippen molar-refractivity contribution in [3.05, 3.63) is 34.7 Å². The molecule has 0 unspecified atom stereocenters. The number of hydrogen-bond acceptors (Lipinski definition) is 6. The fourth-order valence-corrected chi connectivity index (χ4v) is 2.47. The molecule has 3 heterocycles. The predicted molar refractivity (Wildman–Crippen MR) is 80.0 cm³/mol. The zero-order valence-corrected chi connectivity index (χ0v) is 11.6. The number of rotatable bonds is 4. The standard InChI is InChI=1S/C12H13N7S/c1-14-11(13)9-7(16-5-8-15-2-3-20-8)4-17-12-10(9)18-6-19-12/h2-4,6,16H,5H2,1H3,(H2,13,14)(H,17,18,19). The van der Waals surface area contributed by atoms with E-state index in [2.05, 4.69) is 30.2 Å². The number of aromatic amines is 1. The van der Waals surface area contributed by atoms with E-state index < -0.39 is 0 Å². The van der Waals surface area contributed by atoms with Crippen molar-refractivity contribution in [3.8, 4) is 0 Å². The van der Waals surface area contributed by atoms with Crippen molar-refractivity contribution >= 4 is 34.0 Å². The SMILES string of the molecule is CN=C(N)c1c(NCc2nccs2)cnc2nc[nH]c12. The van der Waals surface area contributed by atoms with Crippen LogP contribution in [0.4, 0.5) is 5.69 Å². The number of thiazole rings is 1. The highest BCUT2D eigenvalue weighted by Crippen LogP contribution is 2.22. The van der Waals surface area contributed by atoms with Gasteiger partial charge in [-0.2, -0.15) is 0 Å². The molecule has 102 valence electrons. The molecule has 0 aliphatic heterocycles. The minimum Gasteiger partial charge on any atom is -0.383 e. The van der Waals surface area contributed by atoms with Crippen molar-refractivity contribution in [1.82, 2.24) is 19.9 Å². The lowest BCUT2D eigenvalue weighted by atomic mass is 10.2. The van der Waals surface area contributed by atoms with Crippen molar-refractivity contribution < 1.29 is 0 Å². The maximum Gasteiger partial charge on any atom is 0.178 e. The molecular formula is C12H13N7S. The van der Waals surface area contributed by atoms with Gasteiger partial charge in [-0.05, 0) is 0 Å². The van der Waals surface area contributed by atoms with Crippen LogP contribution in [-0.2, 0) is 6.54 Å². The van der Waals surface area contributed by atoms with Crippen molar-refractivity contribution in [2.75, 3.05) is 12.4 Å². The summed E-state index contributed by atoms with van der Waals surface area (Å²) in [6, 6.07) is 0. The van der Waals surface area contributed by atoms with E-state index in [-0.39, 0.29) is 0 Å². The summed E-state index contributed by atoms with van der Waals surface area (Å²) >= 11 is 1.59. The highest BCUT2D eigenvalue weighted by atomic mass is 32.1. The quantitative estimate of drug-likeness (QED) is 0.496. The van der Waals surface area contributed by atoms with Gasteiger partial charge in [0.15, 0.2) is 5.65 Å². The van der Waals surface area contributed by atoms with Crippen LogP contribution in [0.5, 0.6) is 0 Å². The van der Waals surface area contributed by atoms with Crippen LogP contribution in [0.25, 0.3) is 11.2 Å². The van der Waals surface area contributed by atoms with Gasteiger partial charge >= 0.3 is 0 Å². The molecule has 3 rings (SSSR count). The van der Waals surface area contributed by atoms with Crippen LogP contribution in [-0.4, -0.2) is 32.8 Å². The Balaban J connectivity index is 2.00. The second-order valence-corrected chi connectivity index (χ2v) is 5.02. The van der Waals surface area contributed by atoms with E-state index in [0.29, 0.717) is 18.0 Å². The lowest BCUT2D eigenvalue weighted by Gasteiger charge is -2.10. The highest BCUT2D eigenvalue weighted by Gasteiger charge is 2.14. The number of anilines is 1. The van der Waals surface area contributed by atoms with Crippen LogP contribution in [0.15, 0.2) is 29.1 Å². The third-order valence-corrected chi connectivity index (χ3v) is 3.64. The molecule has 0 fully saturated rings. The molecule has 0 saturated heterocycles. The molecule has 0 atom stereocenters. The lowest BCUT2D eigenvalue weighted by Crippen LogP contribution is -2.17. The van der Waals surface area contributed by atoms with Gasteiger partial charge < -0.3 is 16.0 Å². The maximum atomic E-state index is 5.99. The third-order valence-electron chi connectivity index (χ3n) is 2.87. The maximum absolute atomic E-state index is 5.99. The Kier molecular flexibility index (Phi) is 3.30. The summed E-state index contributed by atoms with van der Waals surface area (Å²) in [6.07, 6.45) is 5.08. The van der Waals surface area contributed by atoms with E-state index in [1.165, 1.54) is 0 Å². The summed E-state index contributed by atoms with van der Waals surface area (Å²) in [5.74, 6) is 0.434. The molecule has 0 bridgehead atoms. The number of imidazole rings is 1. The van der Waals surface area contributed by atoms with Gasteiger partial charge in [-0.25, -0.2) is 15.0 Å². The zero-order valence-electron chi connectivity index (χ0n) is 10.8. The van der Waals surface area contributed by atoms with E-state index in [1.54, 1.807) is 37.1 Å². The highest BCUT2D eigenvalue weighted by molar-refractivity contribution is 7.09. The van der Waals surface area contributed by atoms with Crippen LogP contribution >= 0.6 is 11.3 Å². The molecule has 0 aliphatic carbocycles. The Bertz CT molecular complexity index is 744. The van der Waals surface area contributed by atoms with Crippen LogP contribution in [0, 0.1) is 0 Å². The number of nitrogens with two attached hydrogens (primary N) is 1. The van der Waals surface area contributed by atoms with Crippen LogP contribution in [0.2, 0.25) is 0 Å². The Morgan fingerprint density at radius 3 is 3.10 bits per heavy atom. The molecule has 7 nitrogen and oxygen atoms in total. The Labute approximate surface area is 119 Å². The molecular weight excluding hydrogens is 274 g/mol. The zero-order chi connectivity index (χ0) is 13.9. The first-order valence-corrected chi connectivity index (χ1v) is 6.84. The Morgan fingerprint density at radius 1 is 1.45 bits per heavy atom. The molecule has 3 aromatic rings. The number of H-pyrrole nitrogens is 1. The van der Waals surface area contributed by atoms with Gasteiger partial charge in [0, 0.05) is 18.6 Å². The number of aromatic nitrogens is 4. The van der Waals surface area contributed by atoms with Crippen molar-refractivity contribution in [2.45, 2.75) is 6.54 Å². The summed E-state index contributed by atoms with van der Waals surface area (Å²) in [6.45, 7) is 0.614.